The van der Waals surface area contributed by atoms with Gasteiger partial charge in [0.05, 0.1) is 16.4 Å². The van der Waals surface area contributed by atoms with Crippen molar-refractivity contribution in [1.29, 1.82) is 0 Å². The van der Waals surface area contributed by atoms with Gasteiger partial charge in [-0.3, -0.25) is 19.5 Å². The molecule has 0 radical (unpaired) electrons. The van der Waals surface area contributed by atoms with Crippen molar-refractivity contribution in [2.75, 3.05) is 11.1 Å². The molecule has 0 fully saturated rings. The van der Waals surface area contributed by atoms with E-state index in [4.69, 9.17) is 11.6 Å². The number of benzene rings is 2. The van der Waals surface area contributed by atoms with Crippen LogP contribution in [-0.4, -0.2) is 26.1 Å². The highest BCUT2D eigenvalue weighted by molar-refractivity contribution is 7.99. The Morgan fingerprint density at radius 1 is 1.29 bits per heavy atom. The van der Waals surface area contributed by atoms with Gasteiger partial charge in [-0.25, -0.2) is 4.98 Å². The highest BCUT2D eigenvalue weighted by atomic mass is 35.5. The quantitative estimate of drug-likeness (QED) is 0.354. The number of hydrogen-bond acceptors (Lipinski definition) is 5. The largest absolute Gasteiger partial charge is 0.319 e. The maximum atomic E-state index is 12.4. The molecule has 0 saturated heterocycles. The van der Waals surface area contributed by atoms with Crippen molar-refractivity contribution in [1.82, 2.24) is 9.55 Å². The molecule has 9 heteroatoms. The van der Waals surface area contributed by atoms with Gasteiger partial charge in [-0.1, -0.05) is 41.6 Å². The molecular weight excluding hydrogens is 400 g/mol. The number of aromatic nitrogens is 2. The maximum absolute atomic E-state index is 12.4. The van der Waals surface area contributed by atoms with Crippen LogP contribution < -0.4 is 5.32 Å². The summed E-state index contributed by atoms with van der Waals surface area (Å²) in [5.74, 6) is -0.290. The van der Waals surface area contributed by atoms with Gasteiger partial charge in [0.25, 0.3) is 5.69 Å². The fraction of sp³-hybridized carbons (Fsp3) is 0.158. The standard InChI is InChI=1S/C19H17ClN4O3S/c1-12-5-3-8-16(24(26)27)18(12)22-17(25)11-28-19-21-9-10-23(19)15-7-4-6-14(20)13(15)2/h3-10H,11H2,1-2H3,(H,22,25). The zero-order valence-corrected chi connectivity index (χ0v) is 16.8. The van der Waals surface area contributed by atoms with Crippen LogP contribution in [0.1, 0.15) is 11.1 Å². The minimum absolute atomic E-state index is 0.0577. The van der Waals surface area contributed by atoms with Gasteiger partial charge in [0.1, 0.15) is 5.69 Å². The Balaban J connectivity index is 1.75. The highest BCUT2D eigenvalue weighted by Gasteiger charge is 2.18. The Morgan fingerprint density at radius 2 is 2.04 bits per heavy atom. The Hall–Kier alpha value is -2.84. The van der Waals surface area contributed by atoms with Crippen LogP contribution in [0.4, 0.5) is 11.4 Å². The molecule has 3 aromatic rings. The molecule has 144 valence electrons. The number of carbonyl (C=O) groups is 1. The van der Waals surface area contributed by atoms with Crippen molar-refractivity contribution in [2.45, 2.75) is 19.0 Å². The molecule has 7 nitrogen and oxygen atoms in total. The zero-order valence-electron chi connectivity index (χ0n) is 15.2. The number of nitrogens with zero attached hydrogens (tertiary/aromatic N) is 3. The van der Waals surface area contributed by atoms with E-state index < -0.39 is 4.92 Å². The molecule has 0 unspecified atom stereocenters. The normalized spacial score (nSPS) is 10.7. The van der Waals surface area contributed by atoms with Crippen molar-refractivity contribution in [3.8, 4) is 5.69 Å². The van der Waals surface area contributed by atoms with Crippen LogP contribution in [0.3, 0.4) is 0 Å². The highest BCUT2D eigenvalue weighted by Crippen LogP contribution is 2.29. The number of hydrogen-bond donors (Lipinski definition) is 1. The maximum Gasteiger partial charge on any atom is 0.293 e. The molecule has 2 aromatic carbocycles. The van der Waals surface area contributed by atoms with E-state index in [1.807, 2.05) is 29.7 Å². The number of rotatable bonds is 6. The monoisotopic (exact) mass is 416 g/mol. The van der Waals surface area contributed by atoms with Gasteiger partial charge in [-0.05, 0) is 37.1 Å². The molecule has 1 aromatic heterocycles. The molecule has 1 N–H and O–H groups in total. The number of imidazole rings is 1. The predicted octanol–water partition coefficient (Wildman–Crippen LogP) is 4.78. The van der Waals surface area contributed by atoms with Gasteiger partial charge >= 0.3 is 0 Å². The van der Waals surface area contributed by atoms with Crippen molar-refractivity contribution in [2.24, 2.45) is 0 Å². The van der Waals surface area contributed by atoms with Crippen molar-refractivity contribution in [3.63, 3.8) is 0 Å². The van der Waals surface area contributed by atoms with E-state index in [1.165, 1.54) is 17.8 Å². The average molecular weight is 417 g/mol. The second-order valence-corrected chi connectivity index (χ2v) is 7.38. The number of amides is 1. The molecule has 28 heavy (non-hydrogen) atoms. The van der Waals surface area contributed by atoms with Gasteiger partial charge in [-0.15, -0.1) is 0 Å². The molecular formula is C19H17ClN4O3S. The predicted molar refractivity (Wildman–Crippen MR) is 110 cm³/mol. The van der Waals surface area contributed by atoms with E-state index in [2.05, 4.69) is 10.3 Å². The SMILES string of the molecule is Cc1cccc([N+](=O)[O-])c1NC(=O)CSc1nccn1-c1cccc(Cl)c1C. The number of thioether (sulfide) groups is 1. The van der Waals surface area contributed by atoms with E-state index in [0.717, 1.165) is 11.3 Å². The lowest BCUT2D eigenvalue weighted by Crippen LogP contribution is -2.16. The lowest BCUT2D eigenvalue weighted by atomic mass is 10.1. The lowest BCUT2D eigenvalue weighted by molar-refractivity contribution is -0.384. The smallest absolute Gasteiger partial charge is 0.293 e. The number of aryl methyl sites for hydroxylation is 1. The van der Waals surface area contributed by atoms with Crippen molar-refractivity contribution >= 4 is 40.6 Å². The fourth-order valence-electron chi connectivity index (χ4n) is 2.71. The first-order valence-electron chi connectivity index (χ1n) is 8.34. The van der Waals surface area contributed by atoms with Gasteiger partial charge in [-0.2, -0.15) is 0 Å². The summed E-state index contributed by atoms with van der Waals surface area (Å²) in [6.07, 6.45) is 3.44. The average Bonchev–Trinajstić information content (AvgIpc) is 3.12. The van der Waals surface area contributed by atoms with Gasteiger partial charge in [0.2, 0.25) is 5.91 Å². The number of nitro benzene ring substituents is 1. The van der Waals surface area contributed by atoms with E-state index >= 15 is 0 Å². The first kappa shape index (κ1) is 19.9. The van der Waals surface area contributed by atoms with E-state index in [9.17, 15) is 14.9 Å². The molecule has 1 heterocycles. The van der Waals surface area contributed by atoms with E-state index in [1.54, 1.807) is 31.5 Å². The third-order valence-electron chi connectivity index (χ3n) is 4.15. The summed E-state index contributed by atoms with van der Waals surface area (Å²) in [6.45, 7) is 3.63. The number of nitro groups is 1. The van der Waals surface area contributed by atoms with Crippen LogP contribution in [0, 0.1) is 24.0 Å². The first-order chi connectivity index (χ1) is 13.4. The third-order valence-corrected chi connectivity index (χ3v) is 5.53. The van der Waals surface area contributed by atoms with Crippen molar-refractivity contribution in [3.05, 3.63) is 75.1 Å². The summed E-state index contributed by atoms with van der Waals surface area (Å²) in [7, 11) is 0. The van der Waals surface area contributed by atoms with Crippen molar-refractivity contribution < 1.29 is 9.72 Å². The third kappa shape index (κ3) is 4.18. The number of halogens is 1. The Bertz CT molecular complexity index is 1050. The van der Waals surface area contributed by atoms with Crippen LogP contribution in [0.25, 0.3) is 5.69 Å². The summed E-state index contributed by atoms with van der Waals surface area (Å²) in [5.41, 5.74) is 2.50. The Labute approximate surface area is 170 Å². The van der Waals surface area contributed by atoms with Gasteiger partial charge in [0, 0.05) is 23.5 Å². The molecule has 0 aliphatic carbocycles. The molecule has 0 aliphatic rings. The van der Waals surface area contributed by atoms with Gasteiger partial charge in [0.15, 0.2) is 5.16 Å². The molecule has 3 rings (SSSR count). The number of nitrogens with one attached hydrogen (secondary N) is 1. The van der Waals surface area contributed by atoms with Crippen LogP contribution in [0.5, 0.6) is 0 Å². The number of carbonyl (C=O) groups excluding carboxylic acids is 1. The summed E-state index contributed by atoms with van der Waals surface area (Å²) in [6, 6.07) is 10.2. The minimum Gasteiger partial charge on any atom is -0.319 e. The summed E-state index contributed by atoms with van der Waals surface area (Å²) < 4.78 is 1.86. The molecule has 0 spiro atoms. The summed E-state index contributed by atoms with van der Waals surface area (Å²) >= 11 is 7.43. The lowest BCUT2D eigenvalue weighted by Gasteiger charge is -2.12. The Kier molecular flexibility index (Phi) is 6.01. The van der Waals surface area contributed by atoms with Crippen LogP contribution in [0.2, 0.25) is 5.02 Å². The summed E-state index contributed by atoms with van der Waals surface area (Å²) in [4.78, 5) is 27.4. The molecule has 0 bridgehead atoms. The van der Waals surface area contributed by atoms with Crippen LogP contribution in [0.15, 0.2) is 53.9 Å². The van der Waals surface area contributed by atoms with Crippen LogP contribution in [-0.2, 0) is 4.79 Å². The number of para-hydroxylation sites is 1. The molecule has 0 saturated carbocycles. The molecule has 0 atom stereocenters. The summed E-state index contributed by atoms with van der Waals surface area (Å²) in [5, 5.41) is 15.1. The second-order valence-electron chi connectivity index (χ2n) is 6.03. The topological polar surface area (TPSA) is 90.1 Å². The second kappa shape index (κ2) is 8.45. The first-order valence-corrected chi connectivity index (χ1v) is 9.70. The van der Waals surface area contributed by atoms with Gasteiger partial charge < -0.3 is 5.32 Å². The van der Waals surface area contributed by atoms with E-state index in [0.29, 0.717) is 15.7 Å². The van der Waals surface area contributed by atoms with E-state index in [-0.39, 0.29) is 23.0 Å². The number of anilines is 1. The molecule has 0 aliphatic heterocycles. The fourth-order valence-corrected chi connectivity index (χ4v) is 3.65. The Morgan fingerprint density at radius 3 is 2.79 bits per heavy atom. The zero-order chi connectivity index (χ0) is 20.3. The molecule has 1 amide bonds. The van der Waals surface area contributed by atoms with Crippen LogP contribution >= 0.6 is 23.4 Å². The minimum atomic E-state index is -0.510.